The zero-order valence-electron chi connectivity index (χ0n) is 14.5. The average molecular weight is 353 g/mol. The lowest BCUT2D eigenvalue weighted by atomic mass is 9.53. The molecule has 0 aliphatic heterocycles. The number of pyridine rings is 1. The van der Waals surface area contributed by atoms with Crippen LogP contribution in [0.15, 0.2) is 24.5 Å². The molecule has 25 heavy (non-hydrogen) atoms. The van der Waals surface area contributed by atoms with E-state index in [2.05, 4.69) is 15.3 Å². The molecule has 2 heterocycles. The molecule has 4 aliphatic carbocycles. The van der Waals surface area contributed by atoms with Crippen molar-refractivity contribution in [2.24, 2.45) is 17.8 Å². The number of amides is 1. The molecule has 0 unspecified atom stereocenters. The third-order valence-electron chi connectivity index (χ3n) is 6.33. The molecule has 2 aromatic heterocycles. The van der Waals surface area contributed by atoms with E-state index in [0.717, 1.165) is 38.9 Å². The quantitative estimate of drug-likeness (QED) is 0.899. The second kappa shape index (κ2) is 5.63. The molecule has 1 N–H and O–H groups in total. The smallest absolute Gasteiger partial charge is 0.263 e. The standard InChI is InChI=1S/C20H23N3OS/c1-12-17(25-19(22-12)16-3-2-4-21-11-16)18(24)23-20-8-13-5-14(9-20)7-15(6-13)10-20/h2-4,11,13-15H,5-10H2,1H3,(H,23,24). The number of rotatable bonds is 3. The summed E-state index contributed by atoms with van der Waals surface area (Å²) in [5.41, 5.74) is 1.85. The summed E-state index contributed by atoms with van der Waals surface area (Å²) in [5, 5.41) is 4.34. The number of aromatic nitrogens is 2. The lowest BCUT2D eigenvalue weighted by molar-refractivity contribution is -0.0166. The van der Waals surface area contributed by atoms with E-state index in [1.807, 2.05) is 19.1 Å². The second-order valence-corrected chi connectivity index (χ2v) is 9.33. The maximum Gasteiger partial charge on any atom is 0.263 e. The van der Waals surface area contributed by atoms with E-state index in [0.29, 0.717) is 0 Å². The minimum absolute atomic E-state index is 0.0523. The van der Waals surface area contributed by atoms with E-state index in [9.17, 15) is 4.79 Å². The monoisotopic (exact) mass is 353 g/mol. The fourth-order valence-electron chi connectivity index (χ4n) is 5.78. The molecule has 6 rings (SSSR count). The van der Waals surface area contributed by atoms with Crippen LogP contribution < -0.4 is 5.32 Å². The Morgan fingerprint density at radius 2 is 1.88 bits per heavy atom. The molecule has 4 saturated carbocycles. The summed E-state index contributed by atoms with van der Waals surface area (Å²) in [4.78, 5) is 22.6. The summed E-state index contributed by atoms with van der Waals surface area (Å²) in [6.07, 6.45) is 11.3. The zero-order chi connectivity index (χ0) is 17.0. The summed E-state index contributed by atoms with van der Waals surface area (Å²) >= 11 is 1.49. The summed E-state index contributed by atoms with van der Waals surface area (Å²) in [7, 11) is 0. The van der Waals surface area contributed by atoms with Gasteiger partial charge in [-0.2, -0.15) is 0 Å². The highest BCUT2D eigenvalue weighted by Gasteiger charge is 2.51. The number of hydrogen-bond acceptors (Lipinski definition) is 4. The van der Waals surface area contributed by atoms with E-state index < -0.39 is 0 Å². The maximum atomic E-state index is 13.0. The van der Waals surface area contributed by atoms with Gasteiger partial charge in [-0.05, 0) is 75.3 Å². The Kier molecular flexibility index (Phi) is 3.49. The highest BCUT2D eigenvalue weighted by Crippen LogP contribution is 2.55. The molecular formula is C20H23N3OS. The number of carbonyl (C=O) groups is 1. The van der Waals surface area contributed by atoms with Crippen LogP contribution in [0.4, 0.5) is 0 Å². The van der Waals surface area contributed by atoms with Gasteiger partial charge in [-0.15, -0.1) is 11.3 Å². The van der Waals surface area contributed by atoms with E-state index in [1.165, 1.54) is 49.9 Å². The van der Waals surface area contributed by atoms with Crippen molar-refractivity contribution in [2.45, 2.75) is 51.0 Å². The SMILES string of the molecule is Cc1nc(-c2cccnc2)sc1C(=O)NC12CC3CC(CC(C3)C1)C2. The number of hydrogen-bond donors (Lipinski definition) is 1. The molecule has 0 spiro atoms. The first-order chi connectivity index (χ1) is 12.1. The summed E-state index contributed by atoms with van der Waals surface area (Å²) in [6, 6.07) is 3.90. The first kappa shape index (κ1) is 15.5. The van der Waals surface area contributed by atoms with Gasteiger partial charge in [0.2, 0.25) is 0 Å². The van der Waals surface area contributed by atoms with E-state index >= 15 is 0 Å². The largest absolute Gasteiger partial charge is 0.346 e. The third kappa shape index (κ3) is 2.69. The summed E-state index contributed by atoms with van der Waals surface area (Å²) in [5.74, 6) is 2.58. The van der Waals surface area contributed by atoms with Crippen LogP contribution in [0.25, 0.3) is 10.6 Å². The highest BCUT2D eigenvalue weighted by molar-refractivity contribution is 7.17. The molecule has 4 fully saturated rings. The predicted molar refractivity (Wildman–Crippen MR) is 98.5 cm³/mol. The molecule has 1 amide bonds. The van der Waals surface area contributed by atoms with Crippen molar-refractivity contribution in [1.29, 1.82) is 0 Å². The molecule has 4 bridgehead atoms. The summed E-state index contributed by atoms with van der Waals surface area (Å²) < 4.78 is 0. The maximum absolute atomic E-state index is 13.0. The van der Waals surface area contributed by atoms with Crippen molar-refractivity contribution in [3.8, 4) is 10.6 Å². The van der Waals surface area contributed by atoms with Crippen molar-refractivity contribution in [3.63, 3.8) is 0 Å². The van der Waals surface area contributed by atoms with Crippen molar-refractivity contribution < 1.29 is 4.79 Å². The van der Waals surface area contributed by atoms with Gasteiger partial charge in [0.25, 0.3) is 5.91 Å². The fraction of sp³-hybridized carbons (Fsp3) is 0.550. The number of thiazole rings is 1. The van der Waals surface area contributed by atoms with Crippen LogP contribution in [0.3, 0.4) is 0 Å². The number of carbonyl (C=O) groups excluding carboxylic acids is 1. The van der Waals surface area contributed by atoms with Gasteiger partial charge in [0.1, 0.15) is 9.88 Å². The van der Waals surface area contributed by atoms with Crippen LogP contribution in [0, 0.1) is 24.7 Å². The molecule has 4 aliphatic rings. The minimum atomic E-state index is 0.0523. The second-order valence-electron chi connectivity index (χ2n) is 8.33. The van der Waals surface area contributed by atoms with Crippen molar-refractivity contribution in [3.05, 3.63) is 35.1 Å². The Balaban J connectivity index is 1.39. The predicted octanol–water partition coefficient (Wildman–Crippen LogP) is 4.21. The molecule has 0 aromatic carbocycles. The van der Waals surface area contributed by atoms with Crippen LogP contribution in [-0.2, 0) is 0 Å². The lowest BCUT2D eigenvalue weighted by Gasteiger charge is -2.56. The molecule has 2 aromatic rings. The van der Waals surface area contributed by atoms with Crippen molar-refractivity contribution in [1.82, 2.24) is 15.3 Å². The zero-order valence-corrected chi connectivity index (χ0v) is 15.3. The van der Waals surface area contributed by atoms with E-state index in [1.54, 1.807) is 12.4 Å². The van der Waals surface area contributed by atoms with E-state index in [-0.39, 0.29) is 11.4 Å². The number of nitrogens with zero attached hydrogens (tertiary/aromatic N) is 2. The van der Waals surface area contributed by atoms with Crippen LogP contribution in [-0.4, -0.2) is 21.4 Å². The Morgan fingerprint density at radius 3 is 2.48 bits per heavy atom. The van der Waals surface area contributed by atoms with Crippen molar-refractivity contribution >= 4 is 17.2 Å². The molecule has 0 atom stereocenters. The Bertz CT molecular complexity index is 778. The molecule has 130 valence electrons. The van der Waals surface area contributed by atoms with Crippen LogP contribution in [0.5, 0.6) is 0 Å². The third-order valence-corrected chi connectivity index (χ3v) is 7.53. The van der Waals surface area contributed by atoms with Gasteiger partial charge in [0.05, 0.1) is 5.69 Å². The van der Waals surface area contributed by atoms with E-state index in [4.69, 9.17) is 0 Å². The molecule has 0 saturated heterocycles. The first-order valence-electron chi connectivity index (χ1n) is 9.30. The summed E-state index contributed by atoms with van der Waals surface area (Å²) in [6.45, 7) is 1.94. The fourth-order valence-corrected chi connectivity index (χ4v) is 6.73. The topological polar surface area (TPSA) is 54.9 Å². The normalized spacial score (nSPS) is 32.8. The van der Waals surface area contributed by atoms with Gasteiger partial charge in [-0.25, -0.2) is 4.98 Å². The van der Waals surface area contributed by atoms with Crippen LogP contribution >= 0.6 is 11.3 Å². The van der Waals surface area contributed by atoms with Crippen molar-refractivity contribution in [2.75, 3.05) is 0 Å². The van der Waals surface area contributed by atoms with Gasteiger partial charge in [0.15, 0.2) is 0 Å². The Morgan fingerprint density at radius 1 is 1.20 bits per heavy atom. The van der Waals surface area contributed by atoms with Gasteiger partial charge >= 0.3 is 0 Å². The molecule has 5 heteroatoms. The highest BCUT2D eigenvalue weighted by atomic mass is 32.1. The van der Waals surface area contributed by atoms with Gasteiger partial charge < -0.3 is 5.32 Å². The van der Waals surface area contributed by atoms with Crippen LogP contribution in [0.1, 0.15) is 53.9 Å². The number of nitrogens with one attached hydrogen (secondary N) is 1. The van der Waals surface area contributed by atoms with Gasteiger partial charge in [-0.3, -0.25) is 9.78 Å². The Hall–Kier alpha value is -1.75. The van der Waals surface area contributed by atoms with Crippen LogP contribution in [0.2, 0.25) is 0 Å². The first-order valence-corrected chi connectivity index (χ1v) is 10.1. The average Bonchev–Trinajstić information content (AvgIpc) is 2.96. The minimum Gasteiger partial charge on any atom is -0.346 e. The van der Waals surface area contributed by atoms with Gasteiger partial charge in [0, 0.05) is 23.5 Å². The number of aryl methyl sites for hydroxylation is 1. The molecule has 0 radical (unpaired) electrons. The Labute approximate surface area is 152 Å². The lowest BCUT2D eigenvalue weighted by Crippen LogP contribution is -2.59. The molecular weight excluding hydrogens is 330 g/mol. The molecule has 4 nitrogen and oxygen atoms in total. The van der Waals surface area contributed by atoms with Gasteiger partial charge in [-0.1, -0.05) is 0 Å².